The van der Waals surface area contributed by atoms with Gasteiger partial charge in [-0.2, -0.15) is 0 Å². The molecular weight excluding hydrogens is 204 g/mol. The third-order valence-corrected chi connectivity index (χ3v) is 3.01. The molecule has 0 spiro atoms. The van der Waals surface area contributed by atoms with Crippen molar-refractivity contribution in [3.8, 4) is 0 Å². The number of nitrogens with one attached hydrogen (secondary N) is 1. The summed E-state index contributed by atoms with van der Waals surface area (Å²) in [4.78, 5) is 13.7. The third kappa shape index (κ3) is 4.10. The van der Waals surface area contributed by atoms with E-state index in [9.17, 15) is 9.90 Å². The molecule has 1 saturated heterocycles. The Morgan fingerprint density at radius 3 is 2.56 bits per heavy atom. The first-order valence-electron chi connectivity index (χ1n) is 6.00. The van der Waals surface area contributed by atoms with Crippen LogP contribution in [0.4, 0.5) is 0 Å². The first kappa shape index (κ1) is 13.5. The van der Waals surface area contributed by atoms with Gasteiger partial charge in [0.1, 0.15) is 0 Å². The molecule has 4 heteroatoms. The minimum absolute atomic E-state index is 0.0727. The minimum Gasteiger partial charge on any atom is -0.389 e. The maximum atomic E-state index is 12.1. The molecule has 0 bridgehead atoms. The number of likely N-dealkylation sites (N-methyl/N-ethyl adjacent to an activating group) is 1. The molecule has 1 amide bonds. The average molecular weight is 228 g/mol. The van der Waals surface area contributed by atoms with Gasteiger partial charge in [0.25, 0.3) is 0 Å². The fraction of sp³-hybridized carbons (Fsp3) is 0.917. The van der Waals surface area contributed by atoms with E-state index in [-0.39, 0.29) is 11.8 Å². The quantitative estimate of drug-likeness (QED) is 0.744. The van der Waals surface area contributed by atoms with E-state index in [1.165, 1.54) is 0 Å². The summed E-state index contributed by atoms with van der Waals surface area (Å²) >= 11 is 0. The molecule has 0 radical (unpaired) electrons. The monoisotopic (exact) mass is 228 g/mol. The Balaban J connectivity index is 2.45. The van der Waals surface area contributed by atoms with E-state index in [4.69, 9.17) is 0 Å². The molecule has 2 atom stereocenters. The van der Waals surface area contributed by atoms with Crippen molar-refractivity contribution in [2.24, 2.45) is 5.92 Å². The number of hydrogen-bond acceptors (Lipinski definition) is 3. The van der Waals surface area contributed by atoms with Gasteiger partial charge in [0.15, 0.2) is 0 Å². The van der Waals surface area contributed by atoms with Crippen LogP contribution in [0, 0.1) is 5.92 Å². The van der Waals surface area contributed by atoms with Gasteiger partial charge in [-0.25, -0.2) is 0 Å². The third-order valence-electron chi connectivity index (χ3n) is 3.01. The second kappa shape index (κ2) is 5.15. The lowest BCUT2D eigenvalue weighted by Crippen LogP contribution is -2.47. The van der Waals surface area contributed by atoms with Crippen molar-refractivity contribution in [1.29, 1.82) is 0 Å². The van der Waals surface area contributed by atoms with Gasteiger partial charge >= 0.3 is 0 Å². The Labute approximate surface area is 98.0 Å². The van der Waals surface area contributed by atoms with Crippen molar-refractivity contribution < 1.29 is 9.90 Å². The summed E-state index contributed by atoms with van der Waals surface area (Å²) < 4.78 is 0. The number of hydrogen-bond donors (Lipinski definition) is 2. The van der Waals surface area contributed by atoms with Crippen molar-refractivity contribution in [2.75, 3.05) is 20.1 Å². The smallest absolute Gasteiger partial charge is 0.226 e. The molecule has 0 aromatic heterocycles. The van der Waals surface area contributed by atoms with E-state index in [0.29, 0.717) is 12.6 Å². The summed E-state index contributed by atoms with van der Waals surface area (Å²) in [5, 5.41) is 13.0. The van der Waals surface area contributed by atoms with Crippen LogP contribution in [0.3, 0.4) is 0 Å². The van der Waals surface area contributed by atoms with Crippen molar-refractivity contribution >= 4 is 5.91 Å². The van der Waals surface area contributed by atoms with Gasteiger partial charge in [-0.05, 0) is 33.6 Å². The Kier molecular flexibility index (Phi) is 4.33. The molecule has 1 aliphatic heterocycles. The number of nitrogens with zero attached hydrogens (tertiary/aromatic N) is 1. The van der Waals surface area contributed by atoms with Gasteiger partial charge in [0.05, 0.1) is 11.5 Å². The van der Waals surface area contributed by atoms with E-state index in [1.807, 2.05) is 0 Å². The van der Waals surface area contributed by atoms with Crippen molar-refractivity contribution in [2.45, 2.75) is 45.3 Å². The average Bonchev–Trinajstić information content (AvgIpc) is 2.15. The summed E-state index contributed by atoms with van der Waals surface area (Å²) in [5.41, 5.74) is -0.820. The molecule has 0 aromatic rings. The van der Waals surface area contributed by atoms with E-state index in [0.717, 1.165) is 19.4 Å². The SMILES string of the molecule is CC1CCC(C(=O)N(C)CC(C)(C)O)CN1. The lowest BCUT2D eigenvalue weighted by molar-refractivity contribution is -0.137. The molecule has 2 N–H and O–H groups in total. The maximum absolute atomic E-state index is 12.1. The maximum Gasteiger partial charge on any atom is 0.226 e. The molecule has 16 heavy (non-hydrogen) atoms. The molecule has 4 nitrogen and oxygen atoms in total. The first-order chi connectivity index (χ1) is 7.29. The van der Waals surface area contributed by atoms with Crippen LogP contribution in [0.15, 0.2) is 0 Å². The first-order valence-corrected chi connectivity index (χ1v) is 6.00. The Morgan fingerprint density at radius 1 is 1.50 bits per heavy atom. The standard InChI is InChI=1S/C12H24N2O2/c1-9-5-6-10(7-13-9)11(15)14(4)8-12(2,3)16/h9-10,13,16H,5-8H2,1-4H3. The van der Waals surface area contributed by atoms with Crippen LogP contribution in [0.2, 0.25) is 0 Å². The van der Waals surface area contributed by atoms with Crippen molar-refractivity contribution in [3.05, 3.63) is 0 Å². The fourth-order valence-electron chi connectivity index (χ4n) is 2.18. The van der Waals surface area contributed by atoms with Crippen LogP contribution in [0.25, 0.3) is 0 Å². The molecule has 0 aromatic carbocycles. The molecule has 1 heterocycles. The summed E-state index contributed by atoms with van der Waals surface area (Å²) in [6.45, 7) is 6.73. The number of carbonyl (C=O) groups is 1. The summed E-state index contributed by atoms with van der Waals surface area (Å²) in [5.74, 6) is 0.213. The molecule has 0 aliphatic carbocycles. The minimum atomic E-state index is -0.820. The lowest BCUT2D eigenvalue weighted by Gasteiger charge is -2.32. The molecule has 94 valence electrons. The van der Waals surface area contributed by atoms with Crippen LogP contribution >= 0.6 is 0 Å². The summed E-state index contributed by atoms with van der Waals surface area (Å²) in [6.07, 6.45) is 2.00. The number of aliphatic hydroxyl groups is 1. The lowest BCUT2D eigenvalue weighted by atomic mass is 9.94. The number of carbonyl (C=O) groups excluding carboxylic acids is 1. The van der Waals surface area contributed by atoms with Gasteiger partial charge < -0.3 is 15.3 Å². The Hall–Kier alpha value is -0.610. The van der Waals surface area contributed by atoms with Crippen LogP contribution in [-0.2, 0) is 4.79 Å². The normalized spacial score (nSPS) is 26.6. The second-order valence-corrected chi connectivity index (χ2v) is 5.59. The number of piperidine rings is 1. The van der Waals surface area contributed by atoms with E-state index < -0.39 is 5.60 Å². The number of amides is 1. The van der Waals surface area contributed by atoms with Gasteiger partial charge in [-0.3, -0.25) is 4.79 Å². The summed E-state index contributed by atoms with van der Waals surface area (Å²) in [7, 11) is 1.76. The molecule has 0 saturated carbocycles. The van der Waals surface area contributed by atoms with Gasteiger partial charge in [0, 0.05) is 26.2 Å². The highest BCUT2D eigenvalue weighted by Gasteiger charge is 2.28. The van der Waals surface area contributed by atoms with E-state index in [1.54, 1.807) is 25.8 Å². The van der Waals surface area contributed by atoms with Crippen LogP contribution in [0.1, 0.15) is 33.6 Å². The highest BCUT2D eigenvalue weighted by Crippen LogP contribution is 2.17. The van der Waals surface area contributed by atoms with Gasteiger partial charge in [-0.15, -0.1) is 0 Å². The predicted molar refractivity (Wildman–Crippen MR) is 64.1 cm³/mol. The molecule has 1 fully saturated rings. The highest BCUT2D eigenvalue weighted by molar-refractivity contribution is 5.79. The zero-order chi connectivity index (χ0) is 12.3. The molecule has 1 aliphatic rings. The van der Waals surface area contributed by atoms with Crippen LogP contribution < -0.4 is 5.32 Å². The fourth-order valence-corrected chi connectivity index (χ4v) is 2.18. The molecular formula is C12H24N2O2. The second-order valence-electron chi connectivity index (χ2n) is 5.59. The zero-order valence-corrected chi connectivity index (χ0v) is 10.8. The van der Waals surface area contributed by atoms with Gasteiger partial charge in [-0.1, -0.05) is 0 Å². The van der Waals surface area contributed by atoms with Crippen molar-refractivity contribution in [3.63, 3.8) is 0 Å². The highest BCUT2D eigenvalue weighted by atomic mass is 16.3. The van der Waals surface area contributed by atoms with E-state index in [2.05, 4.69) is 12.2 Å². The Morgan fingerprint density at radius 2 is 2.12 bits per heavy atom. The van der Waals surface area contributed by atoms with Crippen LogP contribution in [0.5, 0.6) is 0 Å². The van der Waals surface area contributed by atoms with Gasteiger partial charge in [0.2, 0.25) is 5.91 Å². The largest absolute Gasteiger partial charge is 0.389 e. The molecule has 1 rings (SSSR count). The van der Waals surface area contributed by atoms with E-state index >= 15 is 0 Å². The predicted octanol–water partition coefficient (Wildman–Crippen LogP) is 0.604. The zero-order valence-electron chi connectivity index (χ0n) is 10.8. The van der Waals surface area contributed by atoms with Crippen molar-refractivity contribution in [1.82, 2.24) is 10.2 Å². The molecule has 2 unspecified atom stereocenters. The summed E-state index contributed by atoms with van der Waals surface area (Å²) in [6, 6.07) is 0.517. The Bertz CT molecular complexity index is 240. The topological polar surface area (TPSA) is 52.6 Å². The van der Waals surface area contributed by atoms with Crippen LogP contribution in [-0.4, -0.2) is 47.7 Å². The number of rotatable bonds is 3.